The van der Waals surface area contributed by atoms with Gasteiger partial charge in [0.15, 0.2) is 17.2 Å². The first-order valence-electron chi connectivity index (χ1n) is 10.1. The Hall–Kier alpha value is -3.41. The average Bonchev–Trinajstić information content (AvgIpc) is 3.29. The zero-order valence-electron chi connectivity index (χ0n) is 16.9. The van der Waals surface area contributed by atoms with E-state index in [0.29, 0.717) is 30.0 Å². The molecule has 4 rings (SSSR count). The van der Waals surface area contributed by atoms with Gasteiger partial charge in [-0.15, -0.1) is 0 Å². The summed E-state index contributed by atoms with van der Waals surface area (Å²) in [6.45, 7) is 1.94. The minimum absolute atomic E-state index is 0.0240. The van der Waals surface area contributed by atoms with E-state index in [1.165, 1.54) is 0 Å². The van der Waals surface area contributed by atoms with Crippen molar-refractivity contribution in [3.63, 3.8) is 0 Å². The zero-order valence-corrected chi connectivity index (χ0v) is 16.9. The van der Waals surface area contributed by atoms with E-state index in [2.05, 4.69) is 9.97 Å². The zero-order chi connectivity index (χ0) is 21.1. The second kappa shape index (κ2) is 8.14. The van der Waals surface area contributed by atoms with E-state index in [1.807, 2.05) is 43.3 Å². The summed E-state index contributed by atoms with van der Waals surface area (Å²) >= 11 is 0. The van der Waals surface area contributed by atoms with Gasteiger partial charge in [-0.3, -0.25) is 9.59 Å². The molecule has 1 aliphatic rings. The maximum Gasteiger partial charge on any atom is 0.303 e. The van der Waals surface area contributed by atoms with Crippen LogP contribution in [-0.4, -0.2) is 26.8 Å². The lowest BCUT2D eigenvalue weighted by molar-refractivity contribution is -0.136. The van der Waals surface area contributed by atoms with Crippen molar-refractivity contribution in [1.82, 2.24) is 9.97 Å². The van der Waals surface area contributed by atoms with E-state index < -0.39 is 11.6 Å². The molecule has 2 aromatic carbocycles. The number of ketones is 1. The fourth-order valence-corrected chi connectivity index (χ4v) is 4.13. The summed E-state index contributed by atoms with van der Waals surface area (Å²) in [6.07, 6.45) is 5.75. The maximum absolute atomic E-state index is 12.4. The Bertz CT molecular complexity index is 1060. The van der Waals surface area contributed by atoms with Crippen LogP contribution in [0.5, 0.6) is 5.75 Å². The minimum atomic E-state index is -0.907. The first-order chi connectivity index (χ1) is 14.5. The summed E-state index contributed by atoms with van der Waals surface area (Å²) in [5.41, 5.74) is 2.41. The van der Waals surface area contributed by atoms with Crippen LogP contribution < -0.4 is 4.74 Å². The van der Waals surface area contributed by atoms with Crippen LogP contribution in [0.3, 0.4) is 0 Å². The highest BCUT2D eigenvalue weighted by molar-refractivity contribution is 5.99. The van der Waals surface area contributed by atoms with Crippen molar-refractivity contribution < 1.29 is 19.4 Å². The van der Waals surface area contributed by atoms with Gasteiger partial charge in [-0.25, -0.2) is 4.98 Å². The maximum atomic E-state index is 12.4. The molecule has 1 atom stereocenters. The molecule has 30 heavy (non-hydrogen) atoms. The third-order valence-corrected chi connectivity index (χ3v) is 5.70. The summed E-state index contributed by atoms with van der Waals surface area (Å²) in [5.74, 6) is 0.466. The van der Waals surface area contributed by atoms with Crippen LogP contribution in [-0.2, 0) is 23.2 Å². The first-order valence-corrected chi connectivity index (χ1v) is 10.1. The Morgan fingerprint density at radius 1 is 1.20 bits per heavy atom. The number of Topliss-reactive ketones (excluding diaryl/α,β-unsaturated/α-hetero) is 1. The lowest BCUT2D eigenvalue weighted by Gasteiger charge is -2.32. The number of benzene rings is 2. The average molecular weight is 404 g/mol. The number of nitrogens with one attached hydrogen (secondary N) is 1. The van der Waals surface area contributed by atoms with Crippen molar-refractivity contribution >= 4 is 11.8 Å². The monoisotopic (exact) mass is 404 g/mol. The van der Waals surface area contributed by atoms with Crippen LogP contribution >= 0.6 is 0 Å². The van der Waals surface area contributed by atoms with Crippen LogP contribution in [0, 0.1) is 0 Å². The Morgan fingerprint density at radius 2 is 2.00 bits per heavy atom. The fraction of sp³-hybridized carbons (Fsp3) is 0.292. The van der Waals surface area contributed by atoms with Crippen LogP contribution in [0.25, 0.3) is 0 Å². The first kappa shape index (κ1) is 19.9. The number of carboxylic acids is 1. The van der Waals surface area contributed by atoms with E-state index in [0.717, 1.165) is 29.5 Å². The van der Waals surface area contributed by atoms with Gasteiger partial charge in [0.1, 0.15) is 5.75 Å². The lowest BCUT2D eigenvalue weighted by Crippen LogP contribution is -2.33. The molecule has 0 aliphatic heterocycles. The summed E-state index contributed by atoms with van der Waals surface area (Å²) in [5, 5.41) is 9.26. The molecule has 1 aromatic heterocycles. The number of aromatic amines is 1. The van der Waals surface area contributed by atoms with Gasteiger partial charge >= 0.3 is 5.97 Å². The lowest BCUT2D eigenvalue weighted by atomic mass is 9.85. The quantitative estimate of drug-likeness (QED) is 0.613. The van der Waals surface area contributed by atoms with Crippen LogP contribution in [0.1, 0.15) is 59.1 Å². The molecule has 0 saturated heterocycles. The van der Waals surface area contributed by atoms with Crippen molar-refractivity contribution in [3.05, 3.63) is 82.9 Å². The van der Waals surface area contributed by atoms with Gasteiger partial charge < -0.3 is 14.8 Å². The number of hydrogen-bond donors (Lipinski definition) is 2. The molecule has 3 aromatic rings. The number of hydrogen-bond acceptors (Lipinski definition) is 4. The summed E-state index contributed by atoms with van der Waals surface area (Å²) in [6, 6.07) is 13.4. The molecule has 1 aliphatic carbocycles. The van der Waals surface area contributed by atoms with Gasteiger partial charge in [0.05, 0.1) is 0 Å². The van der Waals surface area contributed by atoms with Crippen molar-refractivity contribution in [2.24, 2.45) is 0 Å². The molecule has 0 bridgehead atoms. The number of ether oxygens (including phenoxy) is 1. The molecule has 0 spiro atoms. The third-order valence-electron chi connectivity index (χ3n) is 5.70. The molecule has 0 amide bonds. The molecule has 0 fully saturated rings. The molecule has 0 saturated carbocycles. The Kier molecular flexibility index (Phi) is 5.40. The highest BCUT2D eigenvalue weighted by Crippen LogP contribution is 2.38. The third kappa shape index (κ3) is 3.73. The van der Waals surface area contributed by atoms with Gasteiger partial charge in [0.2, 0.25) is 0 Å². The molecular formula is C24H24N2O4. The van der Waals surface area contributed by atoms with Gasteiger partial charge in [-0.05, 0) is 49.4 Å². The van der Waals surface area contributed by atoms with Gasteiger partial charge in [0.25, 0.3) is 0 Å². The summed E-state index contributed by atoms with van der Waals surface area (Å²) in [4.78, 5) is 31.3. The molecule has 1 heterocycles. The topological polar surface area (TPSA) is 92.3 Å². The van der Waals surface area contributed by atoms with E-state index in [4.69, 9.17) is 4.74 Å². The molecule has 6 nitrogen and oxygen atoms in total. The standard InChI is InChI=1S/C24H24N2O4/c1-24(23-25-14-15-26-23,16-6-3-2-4-7-16)30-21-12-10-18-17(8-5-9-20(18)27)19(21)11-13-22(28)29/h2-4,6-7,10,12,14-15H,5,8-9,11,13H2,1H3,(H,25,26)(H,28,29)/t24-/m0/s1. The van der Waals surface area contributed by atoms with Crippen LogP contribution in [0.15, 0.2) is 54.9 Å². The number of H-pyrrole nitrogens is 1. The van der Waals surface area contributed by atoms with Crippen molar-refractivity contribution in [3.8, 4) is 5.75 Å². The Labute approximate surface area is 174 Å². The number of fused-ring (bicyclic) bond motifs is 1. The SMILES string of the molecule is C[C@](Oc1ccc2c(c1CCC(=O)O)CCCC2=O)(c1ccccc1)c1ncc[nH]1. The summed E-state index contributed by atoms with van der Waals surface area (Å²) in [7, 11) is 0. The number of rotatable bonds is 7. The summed E-state index contributed by atoms with van der Waals surface area (Å²) < 4.78 is 6.60. The van der Waals surface area contributed by atoms with Crippen LogP contribution in [0.2, 0.25) is 0 Å². The van der Waals surface area contributed by atoms with E-state index >= 15 is 0 Å². The van der Waals surface area contributed by atoms with Crippen molar-refractivity contribution in [2.75, 3.05) is 0 Å². The molecule has 154 valence electrons. The molecule has 0 unspecified atom stereocenters. The second-order valence-electron chi connectivity index (χ2n) is 7.68. The van der Waals surface area contributed by atoms with E-state index in [9.17, 15) is 14.7 Å². The predicted molar refractivity (Wildman–Crippen MR) is 112 cm³/mol. The number of nitrogens with zero attached hydrogens (tertiary/aromatic N) is 1. The number of aromatic nitrogens is 2. The Balaban J connectivity index is 1.82. The molecular weight excluding hydrogens is 380 g/mol. The fourth-order valence-electron chi connectivity index (χ4n) is 4.13. The number of carbonyl (C=O) groups is 2. The number of carboxylic acid groups (broad SMARTS) is 1. The highest BCUT2D eigenvalue weighted by Gasteiger charge is 2.35. The predicted octanol–water partition coefficient (Wildman–Crippen LogP) is 4.29. The molecule has 0 radical (unpaired) electrons. The van der Waals surface area contributed by atoms with Gasteiger partial charge in [-0.1, -0.05) is 30.3 Å². The second-order valence-corrected chi connectivity index (χ2v) is 7.68. The highest BCUT2D eigenvalue weighted by atomic mass is 16.5. The van der Waals surface area contributed by atoms with Crippen molar-refractivity contribution in [2.45, 2.75) is 44.6 Å². The largest absolute Gasteiger partial charge is 0.481 e. The van der Waals surface area contributed by atoms with Gasteiger partial charge in [-0.2, -0.15) is 0 Å². The van der Waals surface area contributed by atoms with Crippen LogP contribution in [0.4, 0.5) is 0 Å². The van der Waals surface area contributed by atoms with E-state index in [-0.39, 0.29) is 12.2 Å². The number of carbonyl (C=O) groups excluding carboxylic acids is 1. The van der Waals surface area contributed by atoms with Crippen molar-refractivity contribution in [1.29, 1.82) is 0 Å². The van der Waals surface area contributed by atoms with Gasteiger partial charge in [0, 0.05) is 36.4 Å². The Morgan fingerprint density at radius 3 is 2.70 bits per heavy atom. The minimum Gasteiger partial charge on any atom is -0.481 e. The molecule has 6 heteroatoms. The van der Waals surface area contributed by atoms with E-state index in [1.54, 1.807) is 18.5 Å². The number of aliphatic carboxylic acids is 1. The number of imidazole rings is 1. The molecule has 2 N–H and O–H groups in total. The normalized spacial score (nSPS) is 15.3. The smallest absolute Gasteiger partial charge is 0.303 e.